The summed E-state index contributed by atoms with van der Waals surface area (Å²) >= 11 is 0. The van der Waals surface area contributed by atoms with Gasteiger partial charge >= 0.3 is 0 Å². The van der Waals surface area contributed by atoms with Crippen LogP contribution in [0.5, 0.6) is 0 Å². The highest BCUT2D eigenvalue weighted by molar-refractivity contribution is 5.49. The van der Waals surface area contributed by atoms with Gasteiger partial charge < -0.3 is 10.2 Å². The molecule has 0 radical (unpaired) electrons. The van der Waals surface area contributed by atoms with Gasteiger partial charge in [-0.1, -0.05) is 26.3 Å². The average Bonchev–Trinajstić information content (AvgIpc) is 2.56. The number of pyridine rings is 1. The standard InChI is InChI=1S/C18H30N4/c1-15(2)14-22-11-4-3-7-17(22)16-6-5-8-20-18(16)21-12-9-19-10-13-21/h5-6,8,15,17,19H,3-4,7,9-14H2,1-2H3/t17-/m0/s1. The van der Waals surface area contributed by atoms with Crippen molar-refractivity contribution in [3.05, 3.63) is 23.9 Å². The number of rotatable bonds is 4. The molecule has 0 spiro atoms. The molecule has 2 aliphatic rings. The molecule has 0 aliphatic carbocycles. The number of likely N-dealkylation sites (tertiary alicyclic amines) is 1. The first-order valence-corrected chi connectivity index (χ1v) is 8.90. The van der Waals surface area contributed by atoms with E-state index in [0.29, 0.717) is 6.04 Å². The van der Waals surface area contributed by atoms with Crippen LogP contribution in [0, 0.1) is 5.92 Å². The number of aromatic nitrogens is 1. The Morgan fingerprint density at radius 3 is 2.82 bits per heavy atom. The van der Waals surface area contributed by atoms with E-state index in [4.69, 9.17) is 4.98 Å². The largest absolute Gasteiger partial charge is 0.354 e. The number of hydrogen-bond donors (Lipinski definition) is 1. The van der Waals surface area contributed by atoms with Gasteiger partial charge in [0.1, 0.15) is 5.82 Å². The molecular weight excluding hydrogens is 272 g/mol. The fourth-order valence-corrected chi connectivity index (χ4v) is 3.84. The molecule has 3 heterocycles. The van der Waals surface area contributed by atoms with Gasteiger partial charge in [0.05, 0.1) is 0 Å². The summed E-state index contributed by atoms with van der Waals surface area (Å²) in [6, 6.07) is 4.98. The number of anilines is 1. The second kappa shape index (κ2) is 7.42. The van der Waals surface area contributed by atoms with Crippen LogP contribution in [-0.2, 0) is 0 Å². The number of piperazine rings is 1. The maximum atomic E-state index is 4.76. The number of piperidine rings is 1. The molecule has 3 rings (SSSR count). The van der Waals surface area contributed by atoms with Gasteiger partial charge in [-0.05, 0) is 31.4 Å². The molecule has 1 N–H and O–H groups in total. The molecule has 2 fully saturated rings. The van der Waals surface area contributed by atoms with Gasteiger partial charge in [-0.15, -0.1) is 0 Å². The van der Waals surface area contributed by atoms with Gasteiger partial charge in [0.15, 0.2) is 0 Å². The Bertz CT molecular complexity index is 468. The van der Waals surface area contributed by atoms with Crippen molar-refractivity contribution in [3.8, 4) is 0 Å². The van der Waals surface area contributed by atoms with Crippen molar-refractivity contribution < 1.29 is 0 Å². The van der Waals surface area contributed by atoms with Crippen LogP contribution in [0.4, 0.5) is 5.82 Å². The van der Waals surface area contributed by atoms with E-state index in [1.54, 1.807) is 0 Å². The first kappa shape index (κ1) is 15.8. The molecule has 0 unspecified atom stereocenters. The summed E-state index contributed by atoms with van der Waals surface area (Å²) in [5.41, 5.74) is 1.45. The van der Waals surface area contributed by atoms with Crippen molar-refractivity contribution in [2.75, 3.05) is 44.2 Å². The lowest BCUT2D eigenvalue weighted by Crippen LogP contribution is -2.45. The summed E-state index contributed by atoms with van der Waals surface area (Å²) in [6.45, 7) is 11.4. The highest BCUT2D eigenvalue weighted by atomic mass is 15.2. The van der Waals surface area contributed by atoms with Crippen LogP contribution in [0.3, 0.4) is 0 Å². The minimum absolute atomic E-state index is 0.551. The lowest BCUT2D eigenvalue weighted by molar-refractivity contribution is 0.132. The summed E-state index contributed by atoms with van der Waals surface area (Å²) in [6.07, 6.45) is 5.91. The van der Waals surface area contributed by atoms with Gasteiger partial charge in [-0.3, -0.25) is 4.90 Å². The van der Waals surface area contributed by atoms with Crippen LogP contribution in [-0.4, -0.2) is 49.2 Å². The monoisotopic (exact) mass is 302 g/mol. The molecule has 22 heavy (non-hydrogen) atoms. The predicted molar refractivity (Wildman–Crippen MR) is 92.3 cm³/mol. The molecule has 2 saturated heterocycles. The summed E-state index contributed by atoms with van der Waals surface area (Å²) in [5.74, 6) is 1.95. The Balaban J connectivity index is 1.85. The smallest absolute Gasteiger partial charge is 0.133 e. The van der Waals surface area contributed by atoms with E-state index in [1.165, 1.54) is 43.7 Å². The van der Waals surface area contributed by atoms with E-state index in [1.807, 2.05) is 6.20 Å². The zero-order valence-electron chi connectivity index (χ0n) is 14.1. The SMILES string of the molecule is CC(C)CN1CCCC[C@H]1c1cccnc1N1CCNCC1. The molecule has 4 nitrogen and oxygen atoms in total. The van der Waals surface area contributed by atoms with Crippen LogP contribution in [0.1, 0.15) is 44.7 Å². The predicted octanol–water partition coefficient (Wildman–Crippen LogP) is 2.67. The minimum Gasteiger partial charge on any atom is -0.354 e. The second-order valence-electron chi connectivity index (χ2n) is 7.05. The zero-order chi connectivity index (χ0) is 15.4. The lowest BCUT2D eigenvalue weighted by Gasteiger charge is -2.39. The fraction of sp³-hybridized carbons (Fsp3) is 0.722. The molecule has 0 aromatic carbocycles. The molecular formula is C18H30N4. The van der Waals surface area contributed by atoms with Crippen molar-refractivity contribution >= 4 is 5.82 Å². The lowest BCUT2D eigenvalue weighted by atomic mass is 9.94. The number of nitrogens with one attached hydrogen (secondary N) is 1. The normalized spacial score (nSPS) is 24.0. The van der Waals surface area contributed by atoms with E-state index < -0.39 is 0 Å². The molecule has 122 valence electrons. The van der Waals surface area contributed by atoms with Gasteiger partial charge in [-0.2, -0.15) is 0 Å². The number of nitrogens with zero attached hydrogens (tertiary/aromatic N) is 3. The Morgan fingerprint density at radius 1 is 1.23 bits per heavy atom. The molecule has 1 atom stereocenters. The van der Waals surface area contributed by atoms with Crippen molar-refractivity contribution in [2.45, 2.75) is 39.2 Å². The van der Waals surface area contributed by atoms with Crippen LogP contribution in [0.25, 0.3) is 0 Å². The first-order chi connectivity index (χ1) is 10.8. The van der Waals surface area contributed by atoms with E-state index in [2.05, 4.69) is 41.1 Å². The van der Waals surface area contributed by atoms with Gasteiger partial charge in [-0.25, -0.2) is 4.98 Å². The molecule has 4 heteroatoms. The van der Waals surface area contributed by atoms with Gasteiger partial charge in [0.25, 0.3) is 0 Å². The van der Waals surface area contributed by atoms with Gasteiger partial charge in [0.2, 0.25) is 0 Å². The molecule has 0 amide bonds. The Morgan fingerprint density at radius 2 is 2.05 bits per heavy atom. The minimum atomic E-state index is 0.551. The summed E-state index contributed by atoms with van der Waals surface area (Å²) in [4.78, 5) is 9.92. The van der Waals surface area contributed by atoms with Crippen LogP contribution < -0.4 is 10.2 Å². The number of hydrogen-bond acceptors (Lipinski definition) is 4. The molecule has 1 aromatic heterocycles. The average molecular weight is 302 g/mol. The zero-order valence-corrected chi connectivity index (χ0v) is 14.1. The van der Waals surface area contributed by atoms with E-state index in [-0.39, 0.29) is 0 Å². The van der Waals surface area contributed by atoms with Crippen LogP contribution in [0.2, 0.25) is 0 Å². The Labute approximate surface area is 134 Å². The van der Waals surface area contributed by atoms with Gasteiger partial charge in [0, 0.05) is 50.5 Å². The second-order valence-corrected chi connectivity index (χ2v) is 7.05. The van der Waals surface area contributed by atoms with E-state index in [9.17, 15) is 0 Å². The molecule has 1 aromatic rings. The van der Waals surface area contributed by atoms with Crippen molar-refractivity contribution in [3.63, 3.8) is 0 Å². The maximum absolute atomic E-state index is 4.76. The van der Waals surface area contributed by atoms with E-state index >= 15 is 0 Å². The topological polar surface area (TPSA) is 31.4 Å². The third-order valence-corrected chi connectivity index (χ3v) is 4.81. The third kappa shape index (κ3) is 3.61. The van der Waals surface area contributed by atoms with Crippen molar-refractivity contribution in [2.24, 2.45) is 5.92 Å². The summed E-state index contributed by atoms with van der Waals surface area (Å²) in [5, 5.41) is 3.44. The molecule has 0 bridgehead atoms. The third-order valence-electron chi connectivity index (χ3n) is 4.81. The molecule has 0 saturated carbocycles. The Hall–Kier alpha value is -1.13. The summed E-state index contributed by atoms with van der Waals surface area (Å²) < 4.78 is 0. The highest BCUT2D eigenvalue weighted by Gasteiger charge is 2.28. The quantitative estimate of drug-likeness (QED) is 0.926. The maximum Gasteiger partial charge on any atom is 0.133 e. The first-order valence-electron chi connectivity index (χ1n) is 8.90. The fourth-order valence-electron chi connectivity index (χ4n) is 3.84. The highest BCUT2D eigenvalue weighted by Crippen LogP contribution is 2.35. The molecule has 2 aliphatic heterocycles. The van der Waals surface area contributed by atoms with Crippen molar-refractivity contribution in [1.29, 1.82) is 0 Å². The Kier molecular flexibility index (Phi) is 5.32. The van der Waals surface area contributed by atoms with E-state index in [0.717, 1.165) is 32.1 Å². The van der Waals surface area contributed by atoms with Crippen LogP contribution in [0.15, 0.2) is 18.3 Å². The van der Waals surface area contributed by atoms with Crippen molar-refractivity contribution in [1.82, 2.24) is 15.2 Å². The van der Waals surface area contributed by atoms with Crippen LogP contribution >= 0.6 is 0 Å². The summed E-state index contributed by atoms with van der Waals surface area (Å²) in [7, 11) is 0.